The number of carbonyl (C=O) groups excluding carboxylic acids is 2. The summed E-state index contributed by atoms with van der Waals surface area (Å²) in [5.74, 6) is -0.789. The quantitative estimate of drug-likeness (QED) is 0.598. The van der Waals surface area contributed by atoms with Gasteiger partial charge in [-0.1, -0.05) is 18.2 Å². The first kappa shape index (κ1) is 17.8. The maximum absolute atomic E-state index is 11.9. The van der Waals surface area contributed by atoms with E-state index in [9.17, 15) is 14.7 Å². The molecule has 0 fully saturated rings. The fourth-order valence-corrected chi connectivity index (χ4v) is 2.13. The van der Waals surface area contributed by atoms with Gasteiger partial charge >= 0.3 is 11.9 Å². The van der Waals surface area contributed by atoms with Gasteiger partial charge in [0.2, 0.25) is 6.79 Å². The molecular weight excluding hydrogens is 316 g/mol. The van der Waals surface area contributed by atoms with E-state index in [1.165, 1.54) is 6.08 Å². The van der Waals surface area contributed by atoms with Gasteiger partial charge in [0, 0.05) is 6.42 Å². The van der Waals surface area contributed by atoms with Crippen molar-refractivity contribution >= 4 is 18.0 Å². The number of ether oxygens (including phenoxy) is 4. The predicted octanol–water partition coefficient (Wildman–Crippen LogP) is 1.68. The van der Waals surface area contributed by atoms with Crippen molar-refractivity contribution in [1.29, 1.82) is 0 Å². The number of benzene rings is 1. The largest absolute Gasteiger partial charge is 0.463 e. The Bertz CT molecular complexity index is 618. The SMILES string of the molecule is CCOC(=O)C(O)(CC=Cc1ccc2c(c1)OCO2)C(=O)OCC. The van der Waals surface area contributed by atoms with Gasteiger partial charge in [-0.15, -0.1) is 0 Å². The van der Waals surface area contributed by atoms with Crippen LogP contribution >= 0.6 is 0 Å². The smallest absolute Gasteiger partial charge is 0.350 e. The summed E-state index contributed by atoms with van der Waals surface area (Å²) in [6.45, 7) is 3.45. The summed E-state index contributed by atoms with van der Waals surface area (Å²) in [6, 6.07) is 5.30. The summed E-state index contributed by atoms with van der Waals surface area (Å²) in [5, 5.41) is 10.4. The van der Waals surface area contributed by atoms with Crippen LogP contribution in [-0.2, 0) is 19.1 Å². The Morgan fingerprint density at radius 2 is 1.79 bits per heavy atom. The molecule has 1 aliphatic heterocycles. The standard InChI is InChI=1S/C17H20O7/c1-3-21-15(18)17(20,16(19)22-4-2)9-5-6-12-7-8-13-14(10-12)24-11-23-13/h5-8,10,20H,3-4,9,11H2,1-2H3. The molecule has 2 rings (SSSR count). The molecule has 1 heterocycles. The van der Waals surface area contributed by atoms with E-state index in [1.54, 1.807) is 38.1 Å². The molecule has 0 aliphatic carbocycles. The maximum atomic E-state index is 11.9. The zero-order chi connectivity index (χ0) is 17.6. The first-order valence-electron chi connectivity index (χ1n) is 7.64. The second kappa shape index (κ2) is 7.83. The highest BCUT2D eigenvalue weighted by Gasteiger charge is 2.46. The van der Waals surface area contributed by atoms with Crippen LogP contribution in [0.5, 0.6) is 11.5 Å². The van der Waals surface area contributed by atoms with Gasteiger partial charge in [0.1, 0.15) is 0 Å². The van der Waals surface area contributed by atoms with E-state index < -0.39 is 17.5 Å². The van der Waals surface area contributed by atoms with E-state index in [0.717, 1.165) is 5.56 Å². The van der Waals surface area contributed by atoms with Crippen LogP contribution in [0.25, 0.3) is 6.08 Å². The lowest BCUT2D eigenvalue weighted by molar-refractivity contribution is -0.182. The molecule has 0 bridgehead atoms. The van der Waals surface area contributed by atoms with Crippen molar-refractivity contribution in [3.63, 3.8) is 0 Å². The van der Waals surface area contributed by atoms with Gasteiger partial charge in [0.25, 0.3) is 5.60 Å². The molecule has 0 unspecified atom stereocenters. The Balaban J connectivity index is 2.11. The minimum absolute atomic E-state index is 0.0480. The van der Waals surface area contributed by atoms with Gasteiger partial charge in [0.05, 0.1) is 13.2 Å². The minimum atomic E-state index is -2.36. The molecule has 1 aromatic carbocycles. The average Bonchev–Trinajstić information content (AvgIpc) is 3.02. The van der Waals surface area contributed by atoms with E-state index in [1.807, 2.05) is 0 Å². The Morgan fingerprint density at radius 3 is 2.42 bits per heavy atom. The number of aliphatic hydroxyl groups is 1. The second-order valence-corrected chi connectivity index (χ2v) is 5.02. The van der Waals surface area contributed by atoms with Crippen LogP contribution in [0.3, 0.4) is 0 Å². The zero-order valence-electron chi connectivity index (χ0n) is 13.6. The number of esters is 2. The van der Waals surface area contributed by atoms with Gasteiger partial charge in [-0.25, -0.2) is 9.59 Å². The first-order chi connectivity index (χ1) is 11.5. The highest BCUT2D eigenvalue weighted by molar-refractivity contribution is 6.03. The monoisotopic (exact) mass is 336 g/mol. The third-order valence-electron chi connectivity index (χ3n) is 3.35. The van der Waals surface area contributed by atoms with Gasteiger partial charge in [0.15, 0.2) is 11.5 Å². The molecule has 0 saturated carbocycles. The zero-order valence-corrected chi connectivity index (χ0v) is 13.6. The third-order valence-corrected chi connectivity index (χ3v) is 3.35. The van der Waals surface area contributed by atoms with Crippen molar-refractivity contribution in [3.05, 3.63) is 29.8 Å². The summed E-state index contributed by atoms with van der Waals surface area (Å²) >= 11 is 0. The normalized spacial score (nSPS) is 13.1. The summed E-state index contributed by atoms with van der Waals surface area (Å²) in [6.07, 6.45) is 2.90. The second-order valence-electron chi connectivity index (χ2n) is 5.02. The van der Waals surface area contributed by atoms with E-state index in [2.05, 4.69) is 0 Å². The number of carbonyl (C=O) groups is 2. The van der Waals surface area contributed by atoms with Gasteiger partial charge in [-0.3, -0.25) is 0 Å². The Kier molecular flexibility index (Phi) is 5.81. The van der Waals surface area contributed by atoms with Crippen LogP contribution in [0.1, 0.15) is 25.8 Å². The molecule has 0 radical (unpaired) electrons. The van der Waals surface area contributed by atoms with Crippen LogP contribution < -0.4 is 9.47 Å². The van der Waals surface area contributed by atoms with Crippen LogP contribution in [0.2, 0.25) is 0 Å². The third kappa shape index (κ3) is 3.86. The molecule has 7 heteroatoms. The lowest BCUT2D eigenvalue weighted by atomic mass is 9.99. The molecule has 0 amide bonds. The van der Waals surface area contributed by atoms with Gasteiger partial charge in [-0.2, -0.15) is 0 Å². The minimum Gasteiger partial charge on any atom is -0.463 e. The molecule has 0 saturated heterocycles. The van der Waals surface area contributed by atoms with Gasteiger partial charge in [-0.05, 0) is 31.5 Å². The Hall–Kier alpha value is -2.54. The maximum Gasteiger partial charge on any atom is 0.350 e. The molecule has 0 spiro atoms. The summed E-state index contributed by atoms with van der Waals surface area (Å²) in [5.41, 5.74) is -1.59. The lowest BCUT2D eigenvalue weighted by Crippen LogP contribution is -2.48. The van der Waals surface area contributed by atoms with Crippen molar-refractivity contribution in [3.8, 4) is 11.5 Å². The number of fused-ring (bicyclic) bond motifs is 1. The van der Waals surface area contributed by atoms with E-state index >= 15 is 0 Å². The molecule has 130 valence electrons. The van der Waals surface area contributed by atoms with Gasteiger partial charge < -0.3 is 24.1 Å². The number of hydrogen-bond acceptors (Lipinski definition) is 7. The summed E-state index contributed by atoms with van der Waals surface area (Å²) < 4.78 is 20.0. The van der Waals surface area contributed by atoms with Crippen LogP contribution in [-0.4, -0.2) is 42.7 Å². The van der Waals surface area contributed by atoms with Crippen LogP contribution in [0.4, 0.5) is 0 Å². The molecule has 0 aromatic heterocycles. The van der Waals surface area contributed by atoms with Crippen molar-refractivity contribution in [1.82, 2.24) is 0 Å². The molecule has 7 nitrogen and oxygen atoms in total. The van der Waals surface area contributed by atoms with Crippen LogP contribution in [0.15, 0.2) is 24.3 Å². The predicted molar refractivity (Wildman–Crippen MR) is 84.4 cm³/mol. The van der Waals surface area contributed by atoms with E-state index in [4.69, 9.17) is 18.9 Å². The average molecular weight is 336 g/mol. The molecule has 1 N–H and O–H groups in total. The molecular formula is C17H20O7. The van der Waals surface area contributed by atoms with Crippen LogP contribution in [0, 0.1) is 0 Å². The summed E-state index contributed by atoms with van der Waals surface area (Å²) in [7, 11) is 0. The molecule has 1 aromatic rings. The lowest BCUT2D eigenvalue weighted by Gasteiger charge is -2.22. The van der Waals surface area contributed by atoms with Crippen molar-refractivity contribution < 1.29 is 33.6 Å². The molecule has 0 atom stereocenters. The fourth-order valence-electron chi connectivity index (χ4n) is 2.13. The van der Waals surface area contributed by atoms with Crippen molar-refractivity contribution in [2.75, 3.05) is 20.0 Å². The Labute approximate surface area is 139 Å². The Morgan fingerprint density at radius 1 is 1.17 bits per heavy atom. The summed E-state index contributed by atoms with van der Waals surface area (Å²) in [4.78, 5) is 23.9. The van der Waals surface area contributed by atoms with E-state index in [0.29, 0.717) is 11.5 Å². The number of hydrogen-bond donors (Lipinski definition) is 1. The van der Waals surface area contributed by atoms with Crippen molar-refractivity contribution in [2.45, 2.75) is 25.9 Å². The van der Waals surface area contributed by atoms with E-state index in [-0.39, 0.29) is 26.4 Å². The highest BCUT2D eigenvalue weighted by atomic mass is 16.7. The topological polar surface area (TPSA) is 91.3 Å². The molecule has 1 aliphatic rings. The number of rotatable bonds is 7. The highest BCUT2D eigenvalue weighted by Crippen LogP contribution is 2.33. The van der Waals surface area contributed by atoms with Crippen molar-refractivity contribution in [2.24, 2.45) is 0 Å². The fraction of sp³-hybridized carbons (Fsp3) is 0.412. The molecule has 24 heavy (non-hydrogen) atoms. The first-order valence-corrected chi connectivity index (χ1v) is 7.64.